The predicted molar refractivity (Wildman–Crippen MR) is 62.1 cm³/mol. The Morgan fingerprint density at radius 3 is 2.69 bits per heavy atom. The summed E-state index contributed by atoms with van der Waals surface area (Å²) in [6, 6.07) is 11.8. The van der Waals surface area contributed by atoms with Crippen LogP contribution < -0.4 is 10.5 Å². The molecule has 2 aromatic rings. The van der Waals surface area contributed by atoms with Crippen LogP contribution in [0.1, 0.15) is 5.56 Å². The Bertz CT molecular complexity index is 445. The Kier molecular flexibility index (Phi) is 3.33. The van der Waals surface area contributed by atoms with Gasteiger partial charge < -0.3 is 10.5 Å². The second-order valence-corrected chi connectivity index (χ2v) is 3.37. The third-order valence-electron chi connectivity index (χ3n) is 2.15. The molecule has 4 heteroatoms. The van der Waals surface area contributed by atoms with Crippen molar-refractivity contribution in [2.75, 3.05) is 12.3 Å². The average Bonchev–Trinajstić information content (AvgIpc) is 2.30. The molecule has 0 aliphatic carbocycles. The molecular formula is C12H13N3O. The molecule has 2 rings (SSSR count). The van der Waals surface area contributed by atoms with Gasteiger partial charge >= 0.3 is 0 Å². The smallest absolute Gasteiger partial charge is 0.218 e. The van der Waals surface area contributed by atoms with Crippen molar-refractivity contribution in [3.63, 3.8) is 0 Å². The Hall–Kier alpha value is -2.10. The van der Waals surface area contributed by atoms with Crippen LogP contribution in [0, 0.1) is 0 Å². The molecular weight excluding hydrogens is 202 g/mol. The van der Waals surface area contributed by atoms with E-state index in [-0.39, 0.29) is 0 Å². The van der Waals surface area contributed by atoms with Gasteiger partial charge in [0.1, 0.15) is 12.1 Å². The first kappa shape index (κ1) is 10.4. The highest BCUT2D eigenvalue weighted by molar-refractivity contribution is 5.30. The van der Waals surface area contributed by atoms with E-state index in [1.54, 1.807) is 6.07 Å². The van der Waals surface area contributed by atoms with Crippen molar-refractivity contribution in [2.24, 2.45) is 0 Å². The topological polar surface area (TPSA) is 61.0 Å². The molecule has 0 amide bonds. The molecule has 0 bridgehead atoms. The van der Waals surface area contributed by atoms with Crippen LogP contribution in [0.25, 0.3) is 0 Å². The monoisotopic (exact) mass is 215 g/mol. The number of hydrogen-bond acceptors (Lipinski definition) is 4. The molecule has 0 aliphatic heterocycles. The summed E-state index contributed by atoms with van der Waals surface area (Å²) in [5.41, 5.74) is 6.75. The van der Waals surface area contributed by atoms with Gasteiger partial charge in [-0.05, 0) is 5.56 Å². The summed E-state index contributed by atoms with van der Waals surface area (Å²) in [6.45, 7) is 0.584. The molecule has 0 saturated carbocycles. The van der Waals surface area contributed by atoms with E-state index < -0.39 is 0 Å². The largest absolute Gasteiger partial charge is 0.477 e. The van der Waals surface area contributed by atoms with Gasteiger partial charge in [0.25, 0.3) is 0 Å². The summed E-state index contributed by atoms with van der Waals surface area (Å²) in [5.74, 6) is 0.938. The first-order valence-corrected chi connectivity index (χ1v) is 5.09. The summed E-state index contributed by atoms with van der Waals surface area (Å²) < 4.78 is 5.46. The highest BCUT2D eigenvalue weighted by atomic mass is 16.5. The average molecular weight is 215 g/mol. The molecule has 0 atom stereocenters. The lowest BCUT2D eigenvalue weighted by Crippen LogP contribution is -2.03. The SMILES string of the molecule is Nc1cc(OCCc2ccccc2)ncn1. The number of nitrogen functional groups attached to an aromatic ring is 1. The number of nitrogens with zero attached hydrogens (tertiary/aromatic N) is 2. The van der Waals surface area contributed by atoms with Crippen molar-refractivity contribution in [3.05, 3.63) is 48.3 Å². The van der Waals surface area contributed by atoms with E-state index in [0.717, 1.165) is 6.42 Å². The van der Waals surface area contributed by atoms with Crippen LogP contribution >= 0.6 is 0 Å². The second kappa shape index (κ2) is 5.11. The van der Waals surface area contributed by atoms with Crippen LogP contribution in [0.15, 0.2) is 42.7 Å². The fourth-order valence-corrected chi connectivity index (χ4v) is 1.35. The van der Waals surface area contributed by atoms with E-state index in [4.69, 9.17) is 10.5 Å². The third kappa shape index (κ3) is 2.95. The first-order chi connectivity index (χ1) is 7.84. The van der Waals surface area contributed by atoms with Crippen molar-refractivity contribution >= 4 is 5.82 Å². The number of ether oxygens (including phenoxy) is 1. The van der Waals surface area contributed by atoms with E-state index >= 15 is 0 Å². The van der Waals surface area contributed by atoms with E-state index in [1.165, 1.54) is 11.9 Å². The molecule has 16 heavy (non-hydrogen) atoms. The fraction of sp³-hybridized carbons (Fsp3) is 0.167. The maximum absolute atomic E-state index is 5.51. The molecule has 0 spiro atoms. The van der Waals surface area contributed by atoms with Gasteiger partial charge in [-0.2, -0.15) is 0 Å². The molecule has 1 heterocycles. The molecule has 1 aromatic carbocycles. The Morgan fingerprint density at radius 2 is 1.94 bits per heavy atom. The van der Waals surface area contributed by atoms with Crippen molar-refractivity contribution < 1.29 is 4.74 Å². The molecule has 0 unspecified atom stereocenters. The van der Waals surface area contributed by atoms with E-state index in [0.29, 0.717) is 18.3 Å². The molecule has 0 aliphatic rings. The number of aromatic nitrogens is 2. The molecule has 82 valence electrons. The summed E-state index contributed by atoms with van der Waals surface area (Å²) in [7, 11) is 0. The standard InChI is InChI=1S/C12H13N3O/c13-11-8-12(15-9-14-11)16-7-6-10-4-2-1-3-5-10/h1-5,8-9H,6-7H2,(H2,13,14,15). The van der Waals surface area contributed by atoms with Gasteiger partial charge in [-0.3, -0.25) is 0 Å². The van der Waals surface area contributed by atoms with E-state index in [1.807, 2.05) is 18.2 Å². The number of nitrogens with two attached hydrogens (primary N) is 1. The van der Waals surface area contributed by atoms with Crippen molar-refractivity contribution in [1.29, 1.82) is 0 Å². The van der Waals surface area contributed by atoms with E-state index in [9.17, 15) is 0 Å². The summed E-state index contributed by atoms with van der Waals surface area (Å²) in [4.78, 5) is 7.75. The minimum absolute atomic E-state index is 0.421. The number of hydrogen-bond donors (Lipinski definition) is 1. The van der Waals surface area contributed by atoms with Crippen LogP contribution in [0.5, 0.6) is 5.88 Å². The first-order valence-electron chi connectivity index (χ1n) is 5.09. The number of rotatable bonds is 4. The minimum atomic E-state index is 0.421. The quantitative estimate of drug-likeness (QED) is 0.842. The highest BCUT2D eigenvalue weighted by Gasteiger charge is 1.97. The van der Waals surface area contributed by atoms with Gasteiger partial charge in [0, 0.05) is 12.5 Å². The van der Waals surface area contributed by atoms with Gasteiger partial charge in [0.15, 0.2) is 0 Å². The number of anilines is 1. The molecule has 2 N–H and O–H groups in total. The highest BCUT2D eigenvalue weighted by Crippen LogP contribution is 2.08. The zero-order valence-electron chi connectivity index (χ0n) is 8.84. The van der Waals surface area contributed by atoms with Crippen LogP contribution in [-0.2, 0) is 6.42 Å². The van der Waals surface area contributed by atoms with Gasteiger partial charge in [-0.25, -0.2) is 9.97 Å². The summed E-state index contributed by atoms with van der Waals surface area (Å²) in [5, 5.41) is 0. The minimum Gasteiger partial charge on any atom is -0.477 e. The van der Waals surface area contributed by atoms with Gasteiger partial charge in [-0.1, -0.05) is 30.3 Å². The van der Waals surface area contributed by atoms with Crippen LogP contribution in [0.3, 0.4) is 0 Å². The van der Waals surface area contributed by atoms with Crippen LogP contribution in [0.2, 0.25) is 0 Å². The lowest BCUT2D eigenvalue weighted by Gasteiger charge is -2.05. The normalized spacial score (nSPS) is 10.0. The van der Waals surface area contributed by atoms with Crippen molar-refractivity contribution in [3.8, 4) is 5.88 Å². The molecule has 0 fully saturated rings. The molecule has 1 aromatic heterocycles. The predicted octanol–water partition coefficient (Wildman–Crippen LogP) is 1.68. The molecule has 0 saturated heterocycles. The fourth-order valence-electron chi connectivity index (χ4n) is 1.35. The van der Waals surface area contributed by atoms with Crippen LogP contribution in [-0.4, -0.2) is 16.6 Å². The maximum Gasteiger partial charge on any atom is 0.218 e. The lowest BCUT2D eigenvalue weighted by atomic mass is 10.2. The summed E-state index contributed by atoms with van der Waals surface area (Å²) in [6.07, 6.45) is 2.25. The van der Waals surface area contributed by atoms with Gasteiger partial charge in [-0.15, -0.1) is 0 Å². The summed E-state index contributed by atoms with van der Waals surface area (Å²) >= 11 is 0. The molecule has 4 nitrogen and oxygen atoms in total. The zero-order chi connectivity index (χ0) is 11.2. The maximum atomic E-state index is 5.51. The number of benzene rings is 1. The Labute approximate surface area is 94.1 Å². The van der Waals surface area contributed by atoms with Crippen LogP contribution in [0.4, 0.5) is 5.82 Å². The second-order valence-electron chi connectivity index (χ2n) is 3.37. The zero-order valence-corrected chi connectivity index (χ0v) is 8.84. The van der Waals surface area contributed by atoms with E-state index in [2.05, 4.69) is 22.1 Å². The van der Waals surface area contributed by atoms with Crippen molar-refractivity contribution in [2.45, 2.75) is 6.42 Å². The Morgan fingerprint density at radius 1 is 1.12 bits per heavy atom. The van der Waals surface area contributed by atoms with Gasteiger partial charge in [0.2, 0.25) is 5.88 Å². The molecule has 0 radical (unpaired) electrons. The van der Waals surface area contributed by atoms with Gasteiger partial charge in [0.05, 0.1) is 6.61 Å². The lowest BCUT2D eigenvalue weighted by molar-refractivity contribution is 0.309. The Balaban J connectivity index is 1.85. The third-order valence-corrected chi connectivity index (χ3v) is 2.15. The van der Waals surface area contributed by atoms with Crippen molar-refractivity contribution in [1.82, 2.24) is 9.97 Å².